The van der Waals surface area contributed by atoms with Crippen molar-refractivity contribution in [1.82, 2.24) is 19.5 Å². The Bertz CT molecular complexity index is 1160. The van der Waals surface area contributed by atoms with Crippen molar-refractivity contribution in [2.24, 2.45) is 5.92 Å². The molecule has 3 aromatic rings. The molecule has 1 aromatic carbocycles. The van der Waals surface area contributed by atoms with E-state index in [1.54, 1.807) is 4.90 Å². The lowest BCUT2D eigenvalue weighted by Crippen LogP contribution is -2.57. The molecule has 1 amide bonds. The maximum Gasteiger partial charge on any atom is 0.273 e. The Hall–Kier alpha value is -2.96. The molecule has 1 saturated heterocycles. The molecule has 1 saturated carbocycles. The van der Waals surface area contributed by atoms with Crippen molar-refractivity contribution in [1.29, 1.82) is 0 Å². The van der Waals surface area contributed by atoms with Crippen LogP contribution < -0.4 is 5.56 Å². The first-order valence-electron chi connectivity index (χ1n) is 11.1. The lowest BCUT2D eigenvalue weighted by atomic mass is 9.84. The van der Waals surface area contributed by atoms with E-state index in [4.69, 9.17) is 0 Å². The Morgan fingerprint density at radius 3 is 2.61 bits per heavy atom. The summed E-state index contributed by atoms with van der Waals surface area (Å²) in [5, 5.41) is 2.83. The number of nitrogens with one attached hydrogen (secondary N) is 1. The number of H-pyrrole nitrogens is 1. The normalized spacial score (nSPS) is 21.9. The number of carbonyl (C=O) groups is 1. The van der Waals surface area contributed by atoms with E-state index in [-0.39, 0.29) is 23.4 Å². The Morgan fingerprint density at radius 2 is 1.94 bits per heavy atom. The number of hydrogen-bond acceptors (Lipinski definition) is 3. The number of rotatable bonds is 4. The first kappa shape index (κ1) is 20.0. The van der Waals surface area contributed by atoms with Crippen molar-refractivity contribution in [3.8, 4) is 11.3 Å². The molecule has 2 aliphatic rings. The molecule has 31 heavy (non-hydrogen) atoms. The molecule has 1 aliphatic carbocycles. The van der Waals surface area contributed by atoms with E-state index < -0.39 is 6.67 Å². The molecule has 0 radical (unpaired) electrons. The van der Waals surface area contributed by atoms with Crippen molar-refractivity contribution in [3.63, 3.8) is 0 Å². The zero-order valence-corrected chi connectivity index (χ0v) is 17.7. The molecule has 6 nitrogen and oxygen atoms in total. The summed E-state index contributed by atoms with van der Waals surface area (Å²) in [6.07, 6.45) is 7.87. The fraction of sp³-hybridized carbons (Fsp3) is 0.458. The van der Waals surface area contributed by atoms with Gasteiger partial charge in [0, 0.05) is 36.3 Å². The molecule has 7 heteroatoms. The SMILES string of the molecule is C[C@H]1[C@@H](CF)CN1C(=O)c1c[nH]n2c(=O)cc(-c3ccc(C4CCCCC4)cc3)nc12. The van der Waals surface area contributed by atoms with Crippen LogP contribution >= 0.6 is 0 Å². The Kier molecular flexibility index (Phi) is 5.12. The van der Waals surface area contributed by atoms with Gasteiger partial charge in [-0.25, -0.2) is 9.50 Å². The summed E-state index contributed by atoms with van der Waals surface area (Å²) < 4.78 is 14.2. The lowest BCUT2D eigenvalue weighted by Gasteiger charge is -2.45. The summed E-state index contributed by atoms with van der Waals surface area (Å²) in [6, 6.07) is 9.63. The van der Waals surface area contributed by atoms with Gasteiger partial charge in [0.05, 0.1) is 12.4 Å². The van der Waals surface area contributed by atoms with Crippen LogP contribution in [-0.2, 0) is 0 Å². The van der Waals surface area contributed by atoms with Gasteiger partial charge in [-0.1, -0.05) is 43.5 Å². The monoisotopic (exact) mass is 422 g/mol. The number of amides is 1. The number of nitrogens with zero attached hydrogens (tertiary/aromatic N) is 3. The highest BCUT2D eigenvalue weighted by Crippen LogP contribution is 2.33. The number of aromatic amines is 1. The third-order valence-electron chi connectivity index (χ3n) is 7.08. The van der Waals surface area contributed by atoms with Crippen LogP contribution in [0.2, 0.25) is 0 Å². The van der Waals surface area contributed by atoms with Crippen LogP contribution in [0.15, 0.2) is 41.3 Å². The minimum Gasteiger partial charge on any atom is -0.335 e. The number of fused-ring (bicyclic) bond motifs is 1. The molecule has 0 unspecified atom stereocenters. The van der Waals surface area contributed by atoms with Gasteiger partial charge in [-0.2, -0.15) is 0 Å². The van der Waals surface area contributed by atoms with Crippen molar-refractivity contribution in [2.45, 2.75) is 51.0 Å². The molecule has 2 atom stereocenters. The molecule has 0 bridgehead atoms. The molecule has 1 aliphatic heterocycles. The molecular formula is C24H27FN4O2. The van der Waals surface area contributed by atoms with E-state index in [0.717, 1.165) is 5.56 Å². The van der Waals surface area contributed by atoms with Gasteiger partial charge in [0.2, 0.25) is 0 Å². The quantitative estimate of drug-likeness (QED) is 0.686. The average molecular weight is 423 g/mol. The van der Waals surface area contributed by atoms with E-state index >= 15 is 0 Å². The Labute approximate surface area is 180 Å². The lowest BCUT2D eigenvalue weighted by molar-refractivity contribution is 0.0141. The summed E-state index contributed by atoms with van der Waals surface area (Å²) in [6.45, 7) is 1.80. The fourth-order valence-electron chi connectivity index (χ4n) is 4.94. The molecule has 5 rings (SSSR count). The Balaban J connectivity index is 1.46. The largest absolute Gasteiger partial charge is 0.335 e. The molecule has 1 N–H and O–H groups in total. The summed E-state index contributed by atoms with van der Waals surface area (Å²) in [5.41, 5.74) is 3.11. The van der Waals surface area contributed by atoms with Gasteiger partial charge < -0.3 is 4.90 Å². The van der Waals surface area contributed by atoms with E-state index in [1.165, 1.54) is 54.4 Å². The zero-order chi connectivity index (χ0) is 21.5. The first-order valence-corrected chi connectivity index (χ1v) is 11.1. The van der Waals surface area contributed by atoms with Crippen molar-refractivity contribution < 1.29 is 9.18 Å². The molecule has 2 fully saturated rings. The highest BCUT2D eigenvalue weighted by Gasteiger charge is 2.39. The second kappa shape index (κ2) is 7.94. The van der Waals surface area contributed by atoms with Crippen LogP contribution in [0.5, 0.6) is 0 Å². The first-order chi connectivity index (χ1) is 15.1. The van der Waals surface area contributed by atoms with Gasteiger partial charge in [-0.05, 0) is 31.2 Å². The second-order valence-corrected chi connectivity index (χ2v) is 8.90. The van der Waals surface area contributed by atoms with Gasteiger partial charge in [0.1, 0.15) is 5.56 Å². The smallest absolute Gasteiger partial charge is 0.273 e. The van der Waals surface area contributed by atoms with Crippen molar-refractivity contribution in [2.75, 3.05) is 13.2 Å². The molecule has 162 valence electrons. The number of benzene rings is 1. The van der Waals surface area contributed by atoms with Crippen molar-refractivity contribution >= 4 is 11.6 Å². The standard InChI is InChI=1S/C24H27FN4O2/c1-15-19(12-25)14-28(15)24(31)20-13-26-29-22(30)11-21(27-23(20)29)18-9-7-17(8-10-18)16-5-3-2-4-6-16/h7-11,13,15-16,19,26H,2-6,12,14H2,1H3/t15-,19-/m0/s1. The van der Waals surface area contributed by atoms with E-state index in [9.17, 15) is 14.0 Å². The highest BCUT2D eigenvalue weighted by atomic mass is 19.1. The van der Waals surface area contributed by atoms with Crippen LogP contribution in [0, 0.1) is 5.92 Å². The van der Waals surface area contributed by atoms with Gasteiger partial charge in [-0.15, -0.1) is 0 Å². The predicted molar refractivity (Wildman–Crippen MR) is 117 cm³/mol. The van der Waals surface area contributed by atoms with Crippen molar-refractivity contribution in [3.05, 3.63) is 58.0 Å². The van der Waals surface area contributed by atoms with E-state index in [2.05, 4.69) is 22.2 Å². The summed E-state index contributed by atoms with van der Waals surface area (Å²) >= 11 is 0. The summed E-state index contributed by atoms with van der Waals surface area (Å²) in [7, 11) is 0. The number of aromatic nitrogens is 3. The number of likely N-dealkylation sites (tertiary alicyclic amines) is 1. The van der Waals surface area contributed by atoms with Crippen LogP contribution in [0.1, 0.15) is 60.9 Å². The highest BCUT2D eigenvalue weighted by molar-refractivity contribution is 6.00. The second-order valence-electron chi connectivity index (χ2n) is 8.90. The van der Waals surface area contributed by atoms with Gasteiger partial charge in [-0.3, -0.25) is 19.1 Å². The molecule has 2 aromatic heterocycles. The molecular weight excluding hydrogens is 395 g/mol. The maximum atomic E-state index is 13.0. The van der Waals surface area contributed by atoms with E-state index in [0.29, 0.717) is 29.4 Å². The molecule has 3 heterocycles. The van der Waals surface area contributed by atoms with Crippen LogP contribution in [0.4, 0.5) is 4.39 Å². The topological polar surface area (TPSA) is 70.5 Å². The predicted octanol–water partition coefficient (Wildman–Crippen LogP) is 4.17. The third kappa shape index (κ3) is 3.46. The number of hydrogen-bond donors (Lipinski definition) is 1. The fourth-order valence-corrected chi connectivity index (χ4v) is 4.94. The summed E-state index contributed by atoms with van der Waals surface area (Å²) in [5.74, 6) is 0.264. The van der Waals surface area contributed by atoms with E-state index in [1.807, 2.05) is 19.1 Å². The average Bonchev–Trinajstić information content (AvgIpc) is 3.24. The molecule has 0 spiro atoms. The van der Waals surface area contributed by atoms with Crippen LogP contribution in [0.3, 0.4) is 0 Å². The Morgan fingerprint density at radius 1 is 1.19 bits per heavy atom. The maximum absolute atomic E-state index is 13.0. The third-order valence-corrected chi connectivity index (χ3v) is 7.08. The summed E-state index contributed by atoms with van der Waals surface area (Å²) in [4.78, 5) is 31.9. The van der Waals surface area contributed by atoms with Gasteiger partial charge >= 0.3 is 0 Å². The number of alkyl halides is 1. The zero-order valence-electron chi connectivity index (χ0n) is 17.7. The van der Waals surface area contributed by atoms with Crippen LogP contribution in [-0.4, -0.2) is 44.7 Å². The van der Waals surface area contributed by atoms with Gasteiger partial charge in [0.15, 0.2) is 5.65 Å². The number of carbonyl (C=O) groups excluding carboxylic acids is 1. The van der Waals surface area contributed by atoms with Gasteiger partial charge in [0.25, 0.3) is 11.5 Å². The minimum absolute atomic E-state index is 0.122. The number of halogens is 1. The minimum atomic E-state index is -0.433. The van der Waals surface area contributed by atoms with Crippen LogP contribution in [0.25, 0.3) is 16.9 Å².